The summed E-state index contributed by atoms with van der Waals surface area (Å²) in [7, 11) is -3.80. The van der Waals surface area contributed by atoms with Gasteiger partial charge in [0.25, 0.3) is 15.9 Å². The minimum atomic E-state index is -3.80. The molecule has 3 aromatic rings. The van der Waals surface area contributed by atoms with Crippen LogP contribution in [-0.4, -0.2) is 14.3 Å². The topological polar surface area (TPSA) is 75.3 Å². The van der Waals surface area contributed by atoms with E-state index >= 15 is 0 Å². The summed E-state index contributed by atoms with van der Waals surface area (Å²) in [6, 6.07) is 21.3. The molecule has 0 radical (unpaired) electrons. The number of nitrogens with one attached hydrogen (secondary N) is 2. The van der Waals surface area contributed by atoms with Gasteiger partial charge in [-0.3, -0.25) is 9.52 Å². The molecule has 0 saturated carbocycles. The molecule has 0 heterocycles. The Morgan fingerprint density at radius 3 is 2.43 bits per heavy atom. The van der Waals surface area contributed by atoms with Gasteiger partial charge in [0, 0.05) is 0 Å². The molecule has 6 heteroatoms. The predicted molar refractivity (Wildman–Crippen MR) is 118 cm³/mol. The van der Waals surface area contributed by atoms with Crippen molar-refractivity contribution in [1.29, 1.82) is 0 Å². The van der Waals surface area contributed by atoms with Crippen LogP contribution in [0.15, 0.2) is 77.7 Å². The Hall–Kier alpha value is -3.12. The molecule has 0 fully saturated rings. The van der Waals surface area contributed by atoms with Crippen LogP contribution in [0.3, 0.4) is 0 Å². The fourth-order valence-electron chi connectivity index (χ4n) is 3.83. The fraction of sp³-hybridized carbons (Fsp3) is 0.208. The second kappa shape index (κ2) is 8.32. The van der Waals surface area contributed by atoms with Crippen LogP contribution in [0.2, 0.25) is 0 Å². The fourth-order valence-corrected chi connectivity index (χ4v) is 4.91. The van der Waals surface area contributed by atoms with Crippen molar-refractivity contribution < 1.29 is 13.2 Å². The van der Waals surface area contributed by atoms with Gasteiger partial charge in [0.05, 0.1) is 22.2 Å². The van der Waals surface area contributed by atoms with Crippen molar-refractivity contribution >= 4 is 21.6 Å². The summed E-state index contributed by atoms with van der Waals surface area (Å²) < 4.78 is 28.2. The van der Waals surface area contributed by atoms with Gasteiger partial charge in [-0.1, -0.05) is 54.1 Å². The van der Waals surface area contributed by atoms with Crippen molar-refractivity contribution in [3.63, 3.8) is 0 Å². The summed E-state index contributed by atoms with van der Waals surface area (Å²) in [5.41, 5.74) is 3.93. The lowest BCUT2D eigenvalue weighted by Crippen LogP contribution is -2.31. The van der Waals surface area contributed by atoms with Gasteiger partial charge >= 0.3 is 0 Å². The van der Waals surface area contributed by atoms with E-state index in [1.165, 1.54) is 5.56 Å². The van der Waals surface area contributed by atoms with E-state index in [-0.39, 0.29) is 22.5 Å². The normalized spacial score (nSPS) is 15.8. The van der Waals surface area contributed by atoms with E-state index in [0.29, 0.717) is 5.56 Å². The van der Waals surface area contributed by atoms with E-state index in [1.807, 2.05) is 25.1 Å². The van der Waals surface area contributed by atoms with Gasteiger partial charge < -0.3 is 5.32 Å². The minimum absolute atomic E-state index is 0.0794. The monoisotopic (exact) mass is 420 g/mol. The van der Waals surface area contributed by atoms with Crippen LogP contribution in [0.4, 0.5) is 5.69 Å². The molecular weight excluding hydrogens is 396 g/mol. The van der Waals surface area contributed by atoms with Crippen LogP contribution in [0.1, 0.15) is 45.9 Å². The molecule has 1 atom stereocenters. The van der Waals surface area contributed by atoms with Crippen molar-refractivity contribution in [2.24, 2.45) is 0 Å². The predicted octanol–water partition coefficient (Wildman–Crippen LogP) is 4.60. The summed E-state index contributed by atoms with van der Waals surface area (Å²) in [6.07, 6.45) is 2.87. The van der Waals surface area contributed by atoms with Crippen LogP contribution >= 0.6 is 0 Å². The molecular formula is C24H24N2O3S. The Bertz CT molecular complexity index is 1170. The molecule has 0 saturated heterocycles. The van der Waals surface area contributed by atoms with Crippen LogP contribution in [0.25, 0.3) is 0 Å². The average Bonchev–Trinajstić information content (AvgIpc) is 2.74. The van der Waals surface area contributed by atoms with Gasteiger partial charge in [0.1, 0.15) is 0 Å². The maximum Gasteiger partial charge on any atom is 0.261 e. The molecule has 30 heavy (non-hydrogen) atoms. The first-order valence-electron chi connectivity index (χ1n) is 10.0. The highest BCUT2D eigenvalue weighted by Crippen LogP contribution is 2.30. The highest BCUT2D eigenvalue weighted by molar-refractivity contribution is 7.92. The van der Waals surface area contributed by atoms with Crippen LogP contribution in [0.5, 0.6) is 0 Å². The molecule has 4 rings (SSSR count). The molecule has 154 valence electrons. The van der Waals surface area contributed by atoms with Gasteiger partial charge in [-0.05, 0) is 61.6 Å². The lowest BCUT2D eigenvalue weighted by molar-refractivity contribution is 0.0933. The van der Waals surface area contributed by atoms with Crippen LogP contribution < -0.4 is 10.0 Å². The first kappa shape index (κ1) is 20.2. The molecule has 0 bridgehead atoms. The number of aryl methyl sites for hydroxylation is 2. The SMILES string of the molecule is Cc1ccc(S(=O)(=O)Nc2ccccc2C(=O)N[C@H]2CCCc3ccccc32)cc1. The Kier molecular flexibility index (Phi) is 5.59. The lowest BCUT2D eigenvalue weighted by atomic mass is 9.87. The molecule has 5 nitrogen and oxygen atoms in total. The molecule has 2 N–H and O–H groups in total. The van der Waals surface area contributed by atoms with E-state index in [1.54, 1.807) is 48.5 Å². The minimum Gasteiger partial charge on any atom is -0.345 e. The Labute approximate surface area is 177 Å². The van der Waals surface area contributed by atoms with Gasteiger partial charge in [-0.25, -0.2) is 8.42 Å². The molecule has 3 aromatic carbocycles. The van der Waals surface area contributed by atoms with Crippen molar-refractivity contribution in [1.82, 2.24) is 5.32 Å². The van der Waals surface area contributed by atoms with Crippen LogP contribution in [0, 0.1) is 6.92 Å². The number of sulfonamides is 1. The van der Waals surface area contributed by atoms with E-state index in [4.69, 9.17) is 0 Å². The van der Waals surface area contributed by atoms with Gasteiger partial charge in [-0.15, -0.1) is 0 Å². The Morgan fingerprint density at radius 1 is 0.933 bits per heavy atom. The standard InChI is InChI=1S/C24H24N2O3S/c1-17-13-15-19(16-14-17)30(28,29)26-23-11-5-4-10-21(23)24(27)25-22-12-6-8-18-7-2-3-9-20(18)22/h2-5,7,9-11,13-16,22,26H,6,8,12H2,1H3,(H,25,27)/t22-/m0/s1. The number of hydrogen-bond acceptors (Lipinski definition) is 3. The number of benzene rings is 3. The highest BCUT2D eigenvalue weighted by atomic mass is 32.2. The van der Waals surface area contributed by atoms with Crippen molar-refractivity contribution in [2.75, 3.05) is 4.72 Å². The quantitative estimate of drug-likeness (QED) is 0.633. The number of para-hydroxylation sites is 1. The molecule has 0 aliphatic heterocycles. The molecule has 0 spiro atoms. The Balaban J connectivity index is 1.58. The van der Waals surface area contributed by atoms with Gasteiger partial charge in [0.15, 0.2) is 0 Å². The summed E-state index contributed by atoms with van der Waals surface area (Å²) in [5.74, 6) is -0.293. The lowest BCUT2D eigenvalue weighted by Gasteiger charge is -2.26. The van der Waals surface area contributed by atoms with Gasteiger partial charge in [-0.2, -0.15) is 0 Å². The number of hydrogen-bond donors (Lipinski definition) is 2. The van der Waals surface area contributed by atoms with E-state index in [9.17, 15) is 13.2 Å². The number of amides is 1. The summed E-state index contributed by atoms with van der Waals surface area (Å²) in [5, 5.41) is 3.09. The molecule has 0 aromatic heterocycles. The maximum absolute atomic E-state index is 13.1. The summed E-state index contributed by atoms with van der Waals surface area (Å²) >= 11 is 0. The number of carbonyl (C=O) groups is 1. The number of rotatable bonds is 5. The number of fused-ring (bicyclic) bond motifs is 1. The van der Waals surface area contributed by atoms with E-state index in [2.05, 4.69) is 16.1 Å². The number of anilines is 1. The zero-order chi connectivity index (χ0) is 21.1. The molecule has 0 unspecified atom stereocenters. The van der Waals surface area contributed by atoms with Crippen molar-refractivity contribution in [3.8, 4) is 0 Å². The first-order valence-corrected chi connectivity index (χ1v) is 11.5. The van der Waals surface area contributed by atoms with Crippen molar-refractivity contribution in [2.45, 2.75) is 37.1 Å². The third-order valence-corrected chi connectivity index (χ3v) is 6.80. The third-order valence-electron chi connectivity index (χ3n) is 5.42. The summed E-state index contributed by atoms with van der Waals surface area (Å²) in [4.78, 5) is 13.2. The highest BCUT2D eigenvalue weighted by Gasteiger charge is 2.24. The first-order chi connectivity index (χ1) is 14.4. The summed E-state index contributed by atoms with van der Waals surface area (Å²) in [6.45, 7) is 1.90. The molecule has 1 amide bonds. The maximum atomic E-state index is 13.1. The Morgan fingerprint density at radius 2 is 1.63 bits per heavy atom. The second-order valence-corrected chi connectivity index (χ2v) is 9.26. The zero-order valence-electron chi connectivity index (χ0n) is 16.8. The smallest absolute Gasteiger partial charge is 0.261 e. The zero-order valence-corrected chi connectivity index (χ0v) is 17.6. The van der Waals surface area contributed by atoms with Gasteiger partial charge in [0.2, 0.25) is 0 Å². The molecule has 1 aliphatic carbocycles. The third kappa shape index (κ3) is 4.24. The second-order valence-electron chi connectivity index (χ2n) is 7.58. The number of carbonyl (C=O) groups excluding carboxylic acids is 1. The largest absolute Gasteiger partial charge is 0.345 e. The van der Waals surface area contributed by atoms with E-state index in [0.717, 1.165) is 30.4 Å². The molecule has 1 aliphatic rings. The van der Waals surface area contributed by atoms with Crippen LogP contribution in [-0.2, 0) is 16.4 Å². The van der Waals surface area contributed by atoms with Crippen molar-refractivity contribution in [3.05, 3.63) is 95.1 Å². The average molecular weight is 421 g/mol. The van der Waals surface area contributed by atoms with E-state index < -0.39 is 10.0 Å².